The minimum atomic E-state index is 0.249. The normalized spacial score (nSPS) is 14.2. The van der Waals surface area contributed by atoms with Crippen molar-refractivity contribution in [2.24, 2.45) is 0 Å². The molecule has 3 aromatic rings. The molecule has 0 atom stereocenters. The first-order valence-corrected chi connectivity index (χ1v) is 12.5. The zero-order chi connectivity index (χ0) is 23.9. The van der Waals surface area contributed by atoms with Crippen LogP contribution in [0.2, 0.25) is 0 Å². The number of carbonyl (C=O) groups is 1. The second-order valence-corrected chi connectivity index (χ2v) is 9.24. The zero-order valence-electron chi connectivity index (χ0n) is 20.8. The second kappa shape index (κ2) is 11.3. The van der Waals surface area contributed by atoms with Crippen molar-refractivity contribution in [1.29, 1.82) is 0 Å². The molecule has 0 aliphatic carbocycles. The Labute approximate surface area is 203 Å². The van der Waals surface area contributed by atoms with Gasteiger partial charge in [-0.3, -0.25) is 4.79 Å². The van der Waals surface area contributed by atoms with Gasteiger partial charge in [0.2, 0.25) is 5.91 Å². The van der Waals surface area contributed by atoms with E-state index in [1.165, 1.54) is 22.3 Å². The van der Waals surface area contributed by atoms with Gasteiger partial charge in [-0.05, 0) is 44.2 Å². The summed E-state index contributed by atoms with van der Waals surface area (Å²) in [5, 5.41) is 0. The lowest BCUT2D eigenvalue weighted by Gasteiger charge is -2.26. The number of anilines is 1. The Kier molecular flexibility index (Phi) is 7.94. The smallest absolute Gasteiger partial charge is 0.222 e. The molecule has 5 nitrogen and oxygen atoms in total. The number of hydrogen-bond acceptors (Lipinski definition) is 4. The maximum atomic E-state index is 12.9. The maximum Gasteiger partial charge on any atom is 0.222 e. The van der Waals surface area contributed by atoms with Crippen molar-refractivity contribution < 1.29 is 4.79 Å². The number of rotatable bonds is 7. The predicted octanol–water partition coefficient (Wildman–Crippen LogP) is 4.92. The van der Waals surface area contributed by atoms with E-state index in [2.05, 4.69) is 55.1 Å². The molecule has 1 aromatic heterocycles. The molecule has 0 unspecified atom stereocenters. The third-order valence-corrected chi connectivity index (χ3v) is 6.64. The Morgan fingerprint density at radius 1 is 0.882 bits per heavy atom. The van der Waals surface area contributed by atoms with Crippen molar-refractivity contribution >= 4 is 11.7 Å². The van der Waals surface area contributed by atoms with Gasteiger partial charge in [0.15, 0.2) is 0 Å². The highest BCUT2D eigenvalue weighted by Gasteiger charge is 2.23. The number of nitrogens with zero attached hydrogens (tertiary/aromatic N) is 4. The van der Waals surface area contributed by atoms with Crippen LogP contribution in [0.25, 0.3) is 0 Å². The SMILES string of the molecule is CCc1nc(C)nc(N2CCCN(C(=O)CCc3ccccc3)CC2)c1Cc1ccc(C)cc1. The van der Waals surface area contributed by atoms with Gasteiger partial charge in [0, 0.05) is 50.3 Å². The highest BCUT2D eigenvalue weighted by molar-refractivity contribution is 5.76. The molecular formula is C29H36N4O. The van der Waals surface area contributed by atoms with Crippen molar-refractivity contribution in [3.63, 3.8) is 0 Å². The van der Waals surface area contributed by atoms with Crippen LogP contribution in [-0.2, 0) is 24.1 Å². The van der Waals surface area contributed by atoms with Crippen LogP contribution in [-0.4, -0.2) is 47.0 Å². The standard InChI is InChI=1S/C29H36N4O/c1-4-27-26(21-25-13-11-22(2)12-14-25)29(31-23(3)30-27)33-18-8-17-32(19-20-33)28(34)16-15-24-9-6-5-7-10-24/h5-7,9-14H,4,8,15-21H2,1-3H3. The molecule has 2 heterocycles. The Morgan fingerprint density at radius 2 is 1.65 bits per heavy atom. The third kappa shape index (κ3) is 6.02. The molecule has 1 fully saturated rings. The molecule has 0 N–H and O–H groups in total. The molecule has 1 amide bonds. The van der Waals surface area contributed by atoms with Crippen LogP contribution < -0.4 is 4.90 Å². The van der Waals surface area contributed by atoms with Crippen LogP contribution >= 0.6 is 0 Å². The predicted molar refractivity (Wildman–Crippen MR) is 138 cm³/mol. The van der Waals surface area contributed by atoms with Gasteiger partial charge in [-0.2, -0.15) is 0 Å². The molecule has 0 spiro atoms. The van der Waals surface area contributed by atoms with Crippen LogP contribution in [0.15, 0.2) is 54.6 Å². The van der Waals surface area contributed by atoms with Crippen LogP contribution in [0.5, 0.6) is 0 Å². The Bertz CT molecular complexity index is 1100. The van der Waals surface area contributed by atoms with E-state index >= 15 is 0 Å². The van der Waals surface area contributed by atoms with Gasteiger partial charge in [-0.15, -0.1) is 0 Å². The minimum absolute atomic E-state index is 0.249. The molecule has 4 rings (SSSR count). The van der Waals surface area contributed by atoms with E-state index in [0.29, 0.717) is 6.42 Å². The van der Waals surface area contributed by atoms with E-state index in [-0.39, 0.29) is 5.91 Å². The minimum Gasteiger partial charge on any atom is -0.354 e. The average molecular weight is 457 g/mol. The van der Waals surface area contributed by atoms with Gasteiger partial charge in [0.25, 0.3) is 0 Å². The monoisotopic (exact) mass is 456 g/mol. The largest absolute Gasteiger partial charge is 0.354 e. The highest BCUT2D eigenvalue weighted by atomic mass is 16.2. The summed E-state index contributed by atoms with van der Waals surface area (Å²) in [6, 6.07) is 19.0. The van der Waals surface area contributed by atoms with E-state index in [0.717, 1.165) is 69.2 Å². The third-order valence-electron chi connectivity index (χ3n) is 6.64. The lowest BCUT2D eigenvalue weighted by Crippen LogP contribution is -2.36. The lowest BCUT2D eigenvalue weighted by atomic mass is 10.0. The summed E-state index contributed by atoms with van der Waals surface area (Å²) in [7, 11) is 0. The van der Waals surface area contributed by atoms with E-state index in [4.69, 9.17) is 9.97 Å². The first-order chi connectivity index (χ1) is 16.5. The van der Waals surface area contributed by atoms with Crippen LogP contribution in [0, 0.1) is 13.8 Å². The van der Waals surface area contributed by atoms with Gasteiger partial charge in [-0.1, -0.05) is 67.1 Å². The molecule has 0 bridgehead atoms. The molecule has 1 saturated heterocycles. The van der Waals surface area contributed by atoms with E-state index in [1.54, 1.807) is 0 Å². The molecule has 0 saturated carbocycles. The molecule has 2 aromatic carbocycles. The summed E-state index contributed by atoms with van der Waals surface area (Å²) >= 11 is 0. The lowest BCUT2D eigenvalue weighted by molar-refractivity contribution is -0.130. The zero-order valence-corrected chi connectivity index (χ0v) is 20.8. The quantitative estimate of drug-likeness (QED) is 0.506. The number of amides is 1. The highest BCUT2D eigenvalue weighted by Crippen LogP contribution is 2.26. The van der Waals surface area contributed by atoms with Crippen molar-refractivity contribution in [2.75, 3.05) is 31.1 Å². The number of aromatic nitrogens is 2. The first-order valence-electron chi connectivity index (χ1n) is 12.5. The van der Waals surface area contributed by atoms with Crippen LogP contribution in [0.4, 0.5) is 5.82 Å². The summed E-state index contributed by atoms with van der Waals surface area (Å²) in [4.78, 5) is 27.1. The molecule has 178 valence electrons. The topological polar surface area (TPSA) is 49.3 Å². The van der Waals surface area contributed by atoms with Crippen LogP contribution in [0.3, 0.4) is 0 Å². The van der Waals surface area contributed by atoms with Crippen molar-refractivity contribution in [3.05, 3.63) is 88.4 Å². The molecule has 1 aliphatic heterocycles. The maximum absolute atomic E-state index is 12.9. The number of carbonyl (C=O) groups excluding carboxylic acids is 1. The summed E-state index contributed by atoms with van der Waals surface area (Å²) in [5.41, 5.74) is 6.12. The van der Waals surface area contributed by atoms with Gasteiger partial charge < -0.3 is 9.80 Å². The van der Waals surface area contributed by atoms with Gasteiger partial charge >= 0.3 is 0 Å². The first kappa shape index (κ1) is 23.9. The number of aryl methyl sites for hydroxylation is 4. The molecule has 1 aliphatic rings. The summed E-state index contributed by atoms with van der Waals surface area (Å²) in [5.74, 6) is 2.11. The van der Waals surface area contributed by atoms with E-state index in [1.807, 2.05) is 30.0 Å². The van der Waals surface area contributed by atoms with Gasteiger partial charge in [0.1, 0.15) is 11.6 Å². The molecular weight excluding hydrogens is 420 g/mol. The summed E-state index contributed by atoms with van der Waals surface area (Å²) in [6.07, 6.45) is 4.02. The average Bonchev–Trinajstić information content (AvgIpc) is 3.11. The second-order valence-electron chi connectivity index (χ2n) is 9.24. The summed E-state index contributed by atoms with van der Waals surface area (Å²) in [6.45, 7) is 9.52. The van der Waals surface area contributed by atoms with Crippen molar-refractivity contribution in [1.82, 2.24) is 14.9 Å². The van der Waals surface area contributed by atoms with E-state index in [9.17, 15) is 4.79 Å². The Balaban J connectivity index is 1.48. The molecule has 0 radical (unpaired) electrons. The number of hydrogen-bond donors (Lipinski definition) is 0. The van der Waals surface area contributed by atoms with E-state index < -0.39 is 0 Å². The van der Waals surface area contributed by atoms with Crippen LogP contribution in [0.1, 0.15) is 53.5 Å². The summed E-state index contributed by atoms with van der Waals surface area (Å²) < 4.78 is 0. The molecule has 5 heteroatoms. The fourth-order valence-corrected chi connectivity index (χ4v) is 4.72. The Morgan fingerprint density at radius 3 is 2.38 bits per heavy atom. The fourth-order valence-electron chi connectivity index (χ4n) is 4.72. The van der Waals surface area contributed by atoms with Crippen molar-refractivity contribution in [3.8, 4) is 0 Å². The van der Waals surface area contributed by atoms with Crippen molar-refractivity contribution in [2.45, 2.75) is 52.9 Å². The number of benzene rings is 2. The Hall–Kier alpha value is -3.21. The van der Waals surface area contributed by atoms with Gasteiger partial charge in [-0.25, -0.2) is 9.97 Å². The van der Waals surface area contributed by atoms with Gasteiger partial charge in [0.05, 0.1) is 0 Å². The fraction of sp³-hybridized carbons (Fsp3) is 0.414. The molecule has 34 heavy (non-hydrogen) atoms.